The fourth-order valence-corrected chi connectivity index (χ4v) is 2.57. The highest BCUT2D eigenvalue weighted by molar-refractivity contribution is 5.85. The van der Waals surface area contributed by atoms with E-state index in [1.54, 1.807) is 6.20 Å². The van der Waals surface area contributed by atoms with Crippen molar-refractivity contribution in [1.29, 1.82) is 0 Å². The molecule has 0 spiro atoms. The molecule has 0 amide bonds. The molecule has 2 heterocycles. The molecule has 0 aliphatic heterocycles. The Morgan fingerprint density at radius 1 is 1.10 bits per heavy atom. The van der Waals surface area contributed by atoms with Gasteiger partial charge in [0, 0.05) is 28.9 Å². The Morgan fingerprint density at radius 3 is 2.71 bits per heavy atom. The van der Waals surface area contributed by atoms with Gasteiger partial charge in [0.1, 0.15) is 6.10 Å². The van der Waals surface area contributed by atoms with E-state index in [1.807, 2.05) is 50.4 Å². The van der Waals surface area contributed by atoms with Crippen LogP contribution in [0.3, 0.4) is 0 Å². The number of fused-ring (bicyclic) bond motifs is 1. The van der Waals surface area contributed by atoms with Crippen LogP contribution in [0.2, 0.25) is 0 Å². The zero-order valence-electron chi connectivity index (χ0n) is 12.1. The standard InChI is InChI=1S/C17H17N3O/c1-3-16-14(8-11(2)19-20-16)17(21)15-10-18-9-12-6-4-5-7-13(12)15/h4-10,17,21H,3H2,1-2H3. The number of aliphatic hydroxyl groups is 1. The van der Waals surface area contributed by atoms with Gasteiger partial charge in [-0.3, -0.25) is 4.98 Å². The van der Waals surface area contributed by atoms with Crippen molar-refractivity contribution in [3.8, 4) is 0 Å². The Bertz CT molecular complexity index is 781. The summed E-state index contributed by atoms with van der Waals surface area (Å²) < 4.78 is 0. The van der Waals surface area contributed by atoms with Crippen molar-refractivity contribution >= 4 is 10.8 Å². The zero-order chi connectivity index (χ0) is 14.8. The van der Waals surface area contributed by atoms with Crippen molar-refractivity contribution < 1.29 is 5.11 Å². The second-order valence-corrected chi connectivity index (χ2v) is 5.09. The van der Waals surface area contributed by atoms with E-state index in [0.717, 1.165) is 39.7 Å². The van der Waals surface area contributed by atoms with E-state index in [9.17, 15) is 5.11 Å². The van der Waals surface area contributed by atoms with Crippen LogP contribution in [-0.2, 0) is 6.42 Å². The summed E-state index contributed by atoms with van der Waals surface area (Å²) in [7, 11) is 0. The first-order valence-electron chi connectivity index (χ1n) is 7.04. The lowest BCUT2D eigenvalue weighted by Gasteiger charge is -2.16. The molecule has 1 aromatic carbocycles. The van der Waals surface area contributed by atoms with Crippen LogP contribution in [0, 0.1) is 6.92 Å². The molecule has 0 aliphatic rings. The minimum atomic E-state index is -0.743. The quantitative estimate of drug-likeness (QED) is 0.800. The predicted octanol–water partition coefficient (Wildman–Crippen LogP) is 2.98. The molecule has 3 rings (SSSR count). The Morgan fingerprint density at radius 2 is 1.90 bits per heavy atom. The van der Waals surface area contributed by atoms with E-state index >= 15 is 0 Å². The molecule has 0 fully saturated rings. The number of aliphatic hydroxyl groups excluding tert-OH is 1. The molecule has 0 radical (unpaired) electrons. The lowest BCUT2D eigenvalue weighted by molar-refractivity contribution is 0.219. The molecule has 1 N–H and O–H groups in total. The zero-order valence-corrected chi connectivity index (χ0v) is 12.1. The molecule has 3 aromatic rings. The van der Waals surface area contributed by atoms with Crippen LogP contribution in [-0.4, -0.2) is 20.3 Å². The van der Waals surface area contributed by atoms with Crippen molar-refractivity contribution in [1.82, 2.24) is 15.2 Å². The average molecular weight is 279 g/mol. The van der Waals surface area contributed by atoms with Crippen LogP contribution in [0.4, 0.5) is 0 Å². The maximum absolute atomic E-state index is 10.8. The largest absolute Gasteiger partial charge is 0.384 e. The third-order valence-electron chi connectivity index (χ3n) is 3.65. The lowest BCUT2D eigenvalue weighted by Crippen LogP contribution is -2.08. The molecule has 2 aromatic heterocycles. The van der Waals surface area contributed by atoms with Crippen molar-refractivity contribution in [3.63, 3.8) is 0 Å². The second-order valence-electron chi connectivity index (χ2n) is 5.09. The third kappa shape index (κ3) is 2.50. The van der Waals surface area contributed by atoms with Gasteiger partial charge in [-0.05, 0) is 24.8 Å². The lowest BCUT2D eigenvalue weighted by atomic mass is 9.96. The molecule has 0 saturated carbocycles. The first-order chi connectivity index (χ1) is 10.2. The highest BCUT2D eigenvalue weighted by atomic mass is 16.3. The summed E-state index contributed by atoms with van der Waals surface area (Å²) >= 11 is 0. The van der Waals surface area contributed by atoms with Crippen LogP contribution < -0.4 is 0 Å². The highest BCUT2D eigenvalue weighted by Crippen LogP contribution is 2.29. The summed E-state index contributed by atoms with van der Waals surface area (Å²) in [6, 6.07) is 9.83. The van der Waals surface area contributed by atoms with E-state index in [1.165, 1.54) is 0 Å². The first kappa shape index (κ1) is 13.6. The summed E-state index contributed by atoms with van der Waals surface area (Å²) in [5.41, 5.74) is 3.23. The molecule has 1 unspecified atom stereocenters. The van der Waals surface area contributed by atoms with Crippen LogP contribution in [0.15, 0.2) is 42.7 Å². The van der Waals surface area contributed by atoms with Crippen molar-refractivity contribution in [2.45, 2.75) is 26.4 Å². The van der Waals surface area contributed by atoms with Crippen molar-refractivity contribution in [2.24, 2.45) is 0 Å². The molecule has 0 aliphatic carbocycles. The van der Waals surface area contributed by atoms with Gasteiger partial charge in [-0.25, -0.2) is 0 Å². The number of benzene rings is 1. The van der Waals surface area contributed by atoms with E-state index < -0.39 is 6.10 Å². The van der Waals surface area contributed by atoms with Crippen LogP contribution >= 0.6 is 0 Å². The number of nitrogens with zero attached hydrogens (tertiary/aromatic N) is 3. The molecule has 0 bridgehead atoms. The Labute approximate surface area is 123 Å². The molecule has 21 heavy (non-hydrogen) atoms. The fourth-order valence-electron chi connectivity index (χ4n) is 2.57. The van der Waals surface area contributed by atoms with Crippen molar-refractivity contribution in [3.05, 3.63) is 65.2 Å². The normalized spacial score (nSPS) is 12.5. The minimum absolute atomic E-state index is 0.734. The average Bonchev–Trinajstić information content (AvgIpc) is 2.53. The molecule has 106 valence electrons. The van der Waals surface area contributed by atoms with Crippen LogP contribution in [0.25, 0.3) is 10.8 Å². The van der Waals surface area contributed by atoms with Gasteiger partial charge in [0.2, 0.25) is 0 Å². The number of pyridine rings is 1. The third-order valence-corrected chi connectivity index (χ3v) is 3.65. The summed E-state index contributed by atoms with van der Waals surface area (Å²) in [6.45, 7) is 3.89. The van der Waals surface area contributed by atoms with E-state index in [2.05, 4.69) is 15.2 Å². The predicted molar refractivity (Wildman–Crippen MR) is 82.0 cm³/mol. The van der Waals surface area contributed by atoms with Crippen LogP contribution in [0.5, 0.6) is 0 Å². The Kier molecular flexibility index (Phi) is 3.62. The van der Waals surface area contributed by atoms with Gasteiger partial charge in [0.05, 0.1) is 11.4 Å². The second kappa shape index (κ2) is 5.58. The van der Waals surface area contributed by atoms with Gasteiger partial charge in [-0.15, -0.1) is 0 Å². The minimum Gasteiger partial charge on any atom is -0.384 e. The number of hydrogen-bond donors (Lipinski definition) is 1. The first-order valence-corrected chi connectivity index (χ1v) is 7.04. The highest BCUT2D eigenvalue weighted by Gasteiger charge is 2.18. The van der Waals surface area contributed by atoms with Gasteiger partial charge < -0.3 is 5.11 Å². The number of aryl methyl sites for hydroxylation is 2. The van der Waals surface area contributed by atoms with Crippen molar-refractivity contribution in [2.75, 3.05) is 0 Å². The Balaban J connectivity index is 2.17. The summed E-state index contributed by atoms with van der Waals surface area (Å²) in [5.74, 6) is 0. The number of aromatic nitrogens is 3. The molecule has 4 nitrogen and oxygen atoms in total. The summed E-state index contributed by atoms with van der Waals surface area (Å²) in [5, 5.41) is 21.1. The number of rotatable bonds is 3. The number of hydrogen-bond acceptors (Lipinski definition) is 4. The Hall–Kier alpha value is -2.33. The fraction of sp³-hybridized carbons (Fsp3) is 0.235. The molecular weight excluding hydrogens is 262 g/mol. The van der Waals surface area contributed by atoms with Gasteiger partial charge in [0.25, 0.3) is 0 Å². The van der Waals surface area contributed by atoms with Gasteiger partial charge in [0.15, 0.2) is 0 Å². The summed E-state index contributed by atoms with van der Waals surface area (Å²) in [4.78, 5) is 4.24. The molecule has 4 heteroatoms. The topological polar surface area (TPSA) is 58.9 Å². The van der Waals surface area contributed by atoms with Gasteiger partial charge in [-0.2, -0.15) is 10.2 Å². The molecule has 0 saturated heterocycles. The van der Waals surface area contributed by atoms with Gasteiger partial charge in [-0.1, -0.05) is 31.2 Å². The SMILES string of the molecule is CCc1nnc(C)cc1C(O)c1cncc2ccccc12. The smallest absolute Gasteiger partial charge is 0.108 e. The molecular formula is C17H17N3O. The maximum atomic E-state index is 10.8. The van der Waals surface area contributed by atoms with Gasteiger partial charge >= 0.3 is 0 Å². The van der Waals surface area contributed by atoms with Crippen LogP contribution in [0.1, 0.15) is 35.5 Å². The van der Waals surface area contributed by atoms with E-state index in [4.69, 9.17) is 0 Å². The molecule has 1 atom stereocenters. The monoisotopic (exact) mass is 279 g/mol. The maximum Gasteiger partial charge on any atom is 0.108 e. The van der Waals surface area contributed by atoms with E-state index in [-0.39, 0.29) is 0 Å². The van der Waals surface area contributed by atoms with E-state index in [0.29, 0.717) is 0 Å². The summed E-state index contributed by atoms with van der Waals surface area (Å²) in [6.07, 6.45) is 3.52.